The highest BCUT2D eigenvalue weighted by Crippen LogP contribution is 2.47. The van der Waals surface area contributed by atoms with Crippen LogP contribution in [-0.2, 0) is 46.2 Å². The van der Waals surface area contributed by atoms with E-state index < -0.39 is 67.4 Å². The van der Waals surface area contributed by atoms with Crippen molar-refractivity contribution in [3.8, 4) is 0 Å². The number of amides is 2. The number of nitrogens with one attached hydrogen (secondary N) is 2. The van der Waals surface area contributed by atoms with Crippen molar-refractivity contribution in [1.82, 2.24) is 10.6 Å². The SMILES string of the molecule is CC(OC(=O)N[C@@H](C)P(=O)(O)C[C@@H](Cc1ccc(Br)cc1)C(=O)N[C@@H](C)C(=O)OCc1ccccc1)OC(=O)C(C)C. The maximum Gasteiger partial charge on any atom is 0.410 e. The van der Waals surface area contributed by atoms with Crippen molar-refractivity contribution >= 4 is 47.2 Å². The van der Waals surface area contributed by atoms with E-state index in [4.69, 9.17) is 14.2 Å². The largest absolute Gasteiger partial charge is 0.459 e. The topological polar surface area (TPSA) is 157 Å². The van der Waals surface area contributed by atoms with Crippen LogP contribution in [0.1, 0.15) is 45.7 Å². The van der Waals surface area contributed by atoms with Crippen LogP contribution >= 0.6 is 23.3 Å². The minimum atomic E-state index is -4.21. The van der Waals surface area contributed by atoms with E-state index in [2.05, 4.69) is 26.6 Å². The van der Waals surface area contributed by atoms with Gasteiger partial charge in [0.25, 0.3) is 0 Å². The van der Waals surface area contributed by atoms with Crippen LogP contribution in [0.3, 0.4) is 0 Å². The van der Waals surface area contributed by atoms with E-state index in [1.807, 2.05) is 18.2 Å². The summed E-state index contributed by atoms with van der Waals surface area (Å²) in [5, 5.41) is 4.87. The maximum atomic E-state index is 13.4. The van der Waals surface area contributed by atoms with Crippen LogP contribution in [0.5, 0.6) is 0 Å². The van der Waals surface area contributed by atoms with E-state index in [0.717, 1.165) is 15.6 Å². The Balaban J connectivity index is 2.08. The lowest BCUT2D eigenvalue weighted by molar-refractivity contribution is -0.168. The average Bonchev–Trinajstić information content (AvgIpc) is 2.92. The van der Waals surface area contributed by atoms with Crippen LogP contribution in [0.4, 0.5) is 4.79 Å². The highest BCUT2D eigenvalue weighted by molar-refractivity contribution is 9.10. The summed E-state index contributed by atoms with van der Waals surface area (Å²) in [5.41, 5.74) is 1.50. The van der Waals surface area contributed by atoms with Gasteiger partial charge in [-0.1, -0.05) is 72.2 Å². The van der Waals surface area contributed by atoms with Crippen molar-refractivity contribution in [3.05, 3.63) is 70.2 Å². The fraction of sp³-hybridized carbons (Fsp3) is 0.448. The first-order valence-corrected chi connectivity index (χ1v) is 16.1. The minimum Gasteiger partial charge on any atom is -0.459 e. The second-order valence-corrected chi connectivity index (χ2v) is 13.7. The Bertz CT molecular complexity index is 1260. The Morgan fingerprint density at radius 3 is 2.07 bits per heavy atom. The van der Waals surface area contributed by atoms with E-state index in [0.29, 0.717) is 0 Å². The van der Waals surface area contributed by atoms with Crippen molar-refractivity contribution in [2.75, 3.05) is 6.16 Å². The van der Waals surface area contributed by atoms with Crippen molar-refractivity contribution in [3.63, 3.8) is 0 Å². The predicted octanol–water partition coefficient (Wildman–Crippen LogP) is 4.74. The molecule has 13 heteroatoms. The third-order valence-corrected chi connectivity index (χ3v) is 8.97. The molecule has 0 saturated heterocycles. The quantitative estimate of drug-likeness (QED) is 0.147. The fourth-order valence-corrected chi connectivity index (χ4v) is 5.46. The number of benzene rings is 2. The van der Waals surface area contributed by atoms with Gasteiger partial charge in [0.05, 0.1) is 11.8 Å². The molecule has 0 fully saturated rings. The molecule has 230 valence electrons. The molecule has 0 bridgehead atoms. The number of esters is 2. The summed E-state index contributed by atoms with van der Waals surface area (Å²) >= 11 is 3.35. The normalized spacial score (nSPS) is 15.3. The molecule has 0 spiro atoms. The van der Waals surface area contributed by atoms with Crippen molar-refractivity contribution < 1.29 is 42.8 Å². The summed E-state index contributed by atoms with van der Waals surface area (Å²) in [6.45, 7) is 7.39. The first-order chi connectivity index (χ1) is 19.7. The molecule has 5 atom stereocenters. The number of hydrogen-bond donors (Lipinski definition) is 3. The monoisotopic (exact) mass is 668 g/mol. The van der Waals surface area contributed by atoms with E-state index in [1.54, 1.807) is 50.2 Å². The van der Waals surface area contributed by atoms with Gasteiger partial charge < -0.3 is 29.7 Å². The zero-order valence-electron chi connectivity index (χ0n) is 24.2. The molecule has 0 aromatic heterocycles. The Kier molecular flexibility index (Phi) is 13.7. The predicted molar refractivity (Wildman–Crippen MR) is 159 cm³/mol. The lowest BCUT2D eigenvalue weighted by Crippen LogP contribution is -2.44. The molecule has 0 aliphatic rings. The summed E-state index contributed by atoms with van der Waals surface area (Å²) in [5.74, 6) is -4.62. The summed E-state index contributed by atoms with van der Waals surface area (Å²) in [6.07, 6.45) is -2.69. The lowest BCUT2D eigenvalue weighted by Gasteiger charge is -2.26. The molecule has 2 aromatic carbocycles. The Hall–Kier alpha value is -3.21. The summed E-state index contributed by atoms with van der Waals surface area (Å²) in [7, 11) is -4.21. The number of rotatable bonds is 14. The molecule has 2 rings (SSSR count). The number of carbonyl (C=O) groups excluding carboxylic acids is 4. The molecule has 3 N–H and O–H groups in total. The van der Waals surface area contributed by atoms with E-state index in [1.165, 1.54) is 20.8 Å². The third kappa shape index (κ3) is 12.0. The van der Waals surface area contributed by atoms with Gasteiger partial charge in [0.1, 0.15) is 18.4 Å². The molecule has 0 radical (unpaired) electrons. The number of alkyl carbamates (subject to hydrolysis) is 1. The van der Waals surface area contributed by atoms with E-state index >= 15 is 0 Å². The van der Waals surface area contributed by atoms with Gasteiger partial charge in [-0.15, -0.1) is 0 Å². The van der Waals surface area contributed by atoms with Gasteiger partial charge >= 0.3 is 18.0 Å². The third-order valence-electron chi connectivity index (χ3n) is 6.14. The van der Waals surface area contributed by atoms with Crippen molar-refractivity contribution in [2.45, 2.75) is 65.8 Å². The number of halogens is 1. The molecule has 0 saturated carbocycles. The highest BCUT2D eigenvalue weighted by Gasteiger charge is 2.36. The summed E-state index contributed by atoms with van der Waals surface area (Å²) in [4.78, 5) is 60.7. The van der Waals surface area contributed by atoms with Crippen LogP contribution in [0.2, 0.25) is 0 Å². The maximum absolute atomic E-state index is 13.4. The first kappa shape index (κ1) is 35.0. The van der Waals surface area contributed by atoms with Crippen LogP contribution in [0.25, 0.3) is 0 Å². The van der Waals surface area contributed by atoms with Gasteiger partial charge in [0.2, 0.25) is 19.6 Å². The van der Waals surface area contributed by atoms with Crippen LogP contribution in [-0.4, -0.2) is 53.1 Å². The van der Waals surface area contributed by atoms with Crippen LogP contribution < -0.4 is 10.6 Å². The first-order valence-electron chi connectivity index (χ1n) is 13.4. The minimum absolute atomic E-state index is 0.0304. The van der Waals surface area contributed by atoms with Crippen molar-refractivity contribution in [1.29, 1.82) is 0 Å². The Morgan fingerprint density at radius 1 is 0.857 bits per heavy atom. The molecule has 11 nitrogen and oxygen atoms in total. The van der Waals surface area contributed by atoms with E-state index in [9.17, 15) is 28.6 Å². The molecular weight excluding hydrogens is 631 g/mol. The van der Waals surface area contributed by atoms with Gasteiger partial charge in [0, 0.05) is 17.6 Å². The molecule has 42 heavy (non-hydrogen) atoms. The van der Waals surface area contributed by atoms with E-state index in [-0.39, 0.29) is 13.0 Å². The molecule has 0 aliphatic carbocycles. The number of ether oxygens (including phenoxy) is 3. The van der Waals surface area contributed by atoms with Crippen LogP contribution in [0.15, 0.2) is 59.1 Å². The molecule has 0 aliphatic heterocycles. The highest BCUT2D eigenvalue weighted by atomic mass is 79.9. The smallest absolute Gasteiger partial charge is 0.410 e. The van der Waals surface area contributed by atoms with Gasteiger partial charge in [-0.3, -0.25) is 14.2 Å². The Labute approximate surface area is 254 Å². The second kappa shape index (κ2) is 16.4. The fourth-order valence-electron chi connectivity index (χ4n) is 3.64. The molecule has 2 aromatic rings. The van der Waals surface area contributed by atoms with Crippen molar-refractivity contribution in [2.24, 2.45) is 11.8 Å². The zero-order chi connectivity index (χ0) is 31.4. The molecular formula is C29H38BrN2O9P. The second-order valence-electron chi connectivity index (χ2n) is 10.2. The molecule has 2 amide bonds. The van der Waals surface area contributed by atoms with Gasteiger partial charge in [-0.2, -0.15) is 0 Å². The van der Waals surface area contributed by atoms with Gasteiger partial charge in [0.15, 0.2) is 0 Å². The lowest BCUT2D eigenvalue weighted by atomic mass is 10.00. The van der Waals surface area contributed by atoms with Gasteiger partial charge in [-0.25, -0.2) is 9.59 Å². The molecule has 2 unspecified atom stereocenters. The number of carbonyl (C=O) groups is 4. The Morgan fingerprint density at radius 2 is 1.48 bits per heavy atom. The standard InChI is InChI=1S/C29H38BrN2O9P/c1-18(2)27(34)40-21(5)41-29(36)32-20(4)42(37,38)17-24(15-22-11-13-25(30)14-12-22)26(33)31-19(3)28(35)39-16-23-9-7-6-8-10-23/h6-14,18-21,24H,15-17H2,1-5H3,(H,31,33)(H,32,36)(H,37,38)/t19-,20+,21?,24+/m0/s1. The average molecular weight is 670 g/mol. The molecule has 0 heterocycles. The summed E-state index contributed by atoms with van der Waals surface area (Å²) in [6, 6.07) is 15.1. The number of hydrogen-bond acceptors (Lipinski definition) is 8. The van der Waals surface area contributed by atoms with Crippen LogP contribution in [0, 0.1) is 11.8 Å². The summed E-state index contributed by atoms with van der Waals surface area (Å²) < 4.78 is 29.4. The zero-order valence-corrected chi connectivity index (χ0v) is 26.7. The van der Waals surface area contributed by atoms with Gasteiger partial charge in [-0.05, 0) is 43.5 Å².